The molecule has 0 spiro atoms. The lowest BCUT2D eigenvalue weighted by atomic mass is 9.97. The smallest absolute Gasteiger partial charge is 0.0314 e. The van der Waals surface area contributed by atoms with Gasteiger partial charge in [-0.1, -0.05) is 32.9 Å². The normalized spacial score (nSPS) is 21.0. The number of nitrogens with two attached hydrogens (primary N) is 1. The third-order valence-corrected chi connectivity index (χ3v) is 4.96. The number of benzene rings is 1. The second kappa shape index (κ2) is 7.81. The maximum Gasteiger partial charge on any atom is 0.0314 e. The van der Waals surface area contributed by atoms with Crippen molar-refractivity contribution < 1.29 is 0 Å². The number of rotatable bonds is 7. The van der Waals surface area contributed by atoms with Crippen molar-refractivity contribution in [1.82, 2.24) is 9.80 Å². The average molecular weight is 289 g/mol. The van der Waals surface area contributed by atoms with E-state index < -0.39 is 0 Å². The molecule has 1 aliphatic heterocycles. The van der Waals surface area contributed by atoms with Crippen LogP contribution in [0.5, 0.6) is 0 Å². The number of hydrogen-bond donors (Lipinski definition) is 1. The molecule has 0 amide bonds. The summed E-state index contributed by atoms with van der Waals surface area (Å²) >= 11 is 0. The molecule has 2 atom stereocenters. The number of anilines is 1. The highest BCUT2D eigenvalue weighted by molar-refractivity contribution is 5.40. The predicted molar refractivity (Wildman–Crippen MR) is 91.7 cm³/mol. The van der Waals surface area contributed by atoms with Crippen molar-refractivity contribution in [3.8, 4) is 0 Å². The fourth-order valence-electron chi connectivity index (χ4n) is 3.42. The molecule has 3 heteroatoms. The maximum atomic E-state index is 5.76. The molecule has 2 rings (SSSR count). The molecule has 1 heterocycles. The topological polar surface area (TPSA) is 32.5 Å². The third-order valence-electron chi connectivity index (χ3n) is 4.96. The molecule has 1 aliphatic rings. The molecule has 0 bridgehead atoms. The highest BCUT2D eigenvalue weighted by atomic mass is 15.2. The number of likely N-dealkylation sites (tertiary alicyclic amines) is 1. The van der Waals surface area contributed by atoms with Crippen molar-refractivity contribution in [2.24, 2.45) is 0 Å². The van der Waals surface area contributed by atoms with Crippen LogP contribution >= 0.6 is 0 Å². The highest BCUT2D eigenvalue weighted by Gasteiger charge is 2.25. The summed E-state index contributed by atoms with van der Waals surface area (Å²) in [4.78, 5) is 5.24. The number of nitrogens with zero attached hydrogens (tertiary/aromatic N) is 2. The molecular weight excluding hydrogens is 258 g/mol. The van der Waals surface area contributed by atoms with Crippen molar-refractivity contribution >= 4 is 5.69 Å². The summed E-state index contributed by atoms with van der Waals surface area (Å²) in [5.41, 5.74) is 8.02. The molecule has 0 aliphatic carbocycles. The van der Waals surface area contributed by atoms with Gasteiger partial charge in [0.1, 0.15) is 0 Å². The monoisotopic (exact) mass is 289 g/mol. The van der Waals surface area contributed by atoms with E-state index in [1.165, 1.54) is 51.1 Å². The minimum atomic E-state index is 0.609. The second-order valence-corrected chi connectivity index (χ2v) is 6.32. The van der Waals surface area contributed by atoms with E-state index in [-0.39, 0.29) is 0 Å². The zero-order valence-corrected chi connectivity index (χ0v) is 13.9. The molecule has 0 radical (unpaired) electrons. The van der Waals surface area contributed by atoms with Gasteiger partial charge in [-0.3, -0.25) is 4.90 Å². The Morgan fingerprint density at radius 3 is 2.52 bits per heavy atom. The van der Waals surface area contributed by atoms with Crippen molar-refractivity contribution in [1.29, 1.82) is 0 Å². The summed E-state index contributed by atoms with van der Waals surface area (Å²) < 4.78 is 0. The van der Waals surface area contributed by atoms with Gasteiger partial charge in [-0.15, -0.1) is 0 Å². The number of nitrogen functional groups attached to an aromatic ring is 1. The zero-order valence-electron chi connectivity index (χ0n) is 13.9. The fourth-order valence-corrected chi connectivity index (χ4v) is 3.42. The molecule has 0 saturated carbocycles. The van der Waals surface area contributed by atoms with E-state index in [0.29, 0.717) is 5.92 Å². The lowest BCUT2D eigenvalue weighted by Gasteiger charge is -2.26. The van der Waals surface area contributed by atoms with Gasteiger partial charge in [-0.2, -0.15) is 0 Å². The molecule has 118 valence electrons. The Kier molecular flexibility index (Phi) is 6.07. The quantitative estimate of drug-likeness (QED) is 0.783. The van der Waals surface area contributed by atoms with Crippen molar-refractivity contribution in [3.05, 3.63) is 29.8 Å². The first-order valence-electron chi connectivity index (χ1n) is 8.45. The van der Waals surface area contributed by atoms with Crippen molar-refractivity contribution in [2.75, 3.05) is 38.5 Å². The zero-order chi connectivity index (χ0) is 15.2. The molecule has 21 heavy (non-hydrogen) atoms. The van der Waals surface area contributed by atoms with Gasteiger partial charge in [0.05, 0.1) is 0 Å². The van der Waals surface area contributed by atoms with Gasteiger partial charge < -0.3 is 10.6 Å². The predicted octanol–water partition coefficient (Wildman–Crippen LogP) is 3.18. The second-order valence-electron chi connectivity index (χ2n) is 6.32. The van der Waals surface area contributed by atoms with Gasteiger partial charge in [0.15, 0.2) is 0 Å². The first-order valence-corrected chi connectivity index (χ1v) is 8.45. The molecule has 1 aromatic carbocycles. The van der Waals surface area contributed by atoms with Crippen LogP contribution in [0.1, 0.15) is 45.1 Å². The molecule has 1 aromatic rings. The average Bonchev–Trinajstić information content (AvgIpc) is 2.96. The van der Waals surface area contributed by atoms with E-state index in [1.54, 1.807) is 0 Å². The van der Waals surface area contributed by atoms with Crippen LogP contribution in [0.3, 0.4) is 0 Å². The lowest BCUT2D eigenvalue weighted by Crippen LogP contribution is -2.37. The summed E-state index contributed by atoms with van der Waals surface area (Å²) in [7, 11) is 0. The van der Waals surface area contributed by atoms with Crippen LogP contribution in [-0.2, 0) is 0 Å². The minimum Gasteiger partial charge on any atom is -0.399 e. The van der Waals surface area contributed by atoms with Crippen LogP contribution < -0.4 is 5.73 Å². The van der Waals surface area contributed by atoms with Gasteiger partial charge in [-0.05, 0) is 62.6 Å². The van der Waals surface area contributed by atoms with Crippen LogP contribution in [0.4, 0.5) is 5.69 Å². The standard InChI is InChI=1S/C18H31N3/c1-4-21(5-2)18-11-13-20(14-18)12-10-15(3)16-6-8-17(19)9-7-16/h6-9,15,18H,4-5,10-14,19H2,1-3H3. The summed E-state index contributed by atoms with van der Waals surface area (Å²) in [6, 6.07) is 9.13. The Bertz CT molecular complexity index is 411. The summed E-state index contributed by atoms with van der Waals surface area (Å²) in [6.07, 6.45) is 2.56. The first-order chi connectivity index (χ1) is 10.1. The fraction of sp³-hybridized carbons (Fsp3) is 0.667. The molecule has 1 saturated heterocycles. The Hall–Kier alpha value is -1.06. The lowest BCUT2D eigenvalue weighted by molar-refractivity contribution is 0.209. The van der Waals surface area contributed by atoms with E-state index in [4.69, 9.17) is 5.73 Å². The van der Waals surface area contributed by atoms with Gasteiger partial charge in [0, 0.05) is 18.3 Å². The first kappa shape index (κ1) is 16.3. The molecule has 2 N–H and O–H groups in total. The van der Waals surface area contributed by atoms with E-state index in [2.05, 4.69) is 42.7 Å². The Morgan fingerprint density at radius 1 is 1.24 bits per heavy atom. The van der Waals surface area contributed by atoms with Crippen LogP contribution in [-0.4, -0.2) is 48.6 Å². The van der Waals surface area contributed by atoms with Gasteiger partial charge in [0.2, 0.25) is 0 Å². The van der Waals surface area contributed by atoms with Crippen molar-refractivity contribution in [3.63, 3.8) is 0 Å². The van der Waals surface area contributed by atoms with E-state index in [9.17, 15) is 0 Å². The number of hydrogen-bond acceptors (Lipinski definition) is 3. The molecule has 2 unspecified atom stereocenters. The minimum absolute atomic E-state index is 0.609. The SMILES string of the molecule is CCN(CC)C1CCN(CCC(C)c2ccc(N)cc2)C1. The van der Waals surface area contributed by atoms with Gasteiger partial charge in [-0.25, -0.2) is 0 Å². The van der Waals surface area contributed by atoms with E-state index in [0.717, 1.165) is 11.7 Å². The van der Waals surface area contributed by atoms with Crippen LogP contribution in [0.2, 0.25) is 0 Å². The Balaban J connectivity index is 1.77. The Morgan fingerprint density at radius 2 is 1.90 bits per heavy atom. The van der Waals surface area contributed by atoms with Crippen LogP contribution in [0.15, 0.2) is 24.3 Å². The maximum absolute atomic E-state index is 5.76. The summed E-state index contributed by atoms with van der Waals surface area (Å²) in [5.74, 6) is 0.609. The van der Waals surface area contributed by atoms with Gasteiger partial charge in [0.25, 0.3) is 0 Å². The largest absolute Gasteiger partial charge is 0.399 e. The molecule has 1 fully saturated rings. The van der Waals surface area contributed by atoms with E-state index in [1.807, 2.05) is 12.1 Å². The Labute approximate surface area is 130 Å². The van der Waals surface area contributed by atoms with Crippen molar-refractivity contribution in [2.45, 2.75) is 45.6 Å². The van der Waals surface area contributed by atoms with Crippen LogP contribution in [0.25, 0.3) is 0 Å². The molecule has 3 nitrogen and oxygen atoms in total. The van der Waals surface area contributed by atoms with E-state index >= 15 is 0 Å². The van der Waals surface area contributed by atoms with Crippen LogP contribution in [0, 0.1) is 0 Å². The summed E-state index contributed by atoms with van der Waals surface area (Å²) in [5, 5.41) is 0. The van der Waals surface area contributed by atoms with Gasteiger partial charge >= 0.3 is 0 Å². The number of likely N-dealkylation sites (N-methyl/N-ethyl adjacent to an activating group) is 1. The molecule has 0 aromatic heterocycles. The third kappa shape index (κ3) is 4.45. The molecular formula is C18H31N3. The highest BCUT2D eigenvalue weighted by Crippen LogP contribution is 2.22. The summed E-state index contributed by atoms with van der Waals surface area (Å²) in [6.45, 7) is 12.9.